The Hall–Kier alpha value is -0.570. The smallest absolute Gasteiger partial charge is 0.311 e. The summed E-state index contributed by atoms with van der Waals surface area (Å²) >= 11 is 0. The lowest BCUT2D eigenvalue weighted by Gasteiger charge is -2.29. The molecule has 0 radical (unpaired) electrons. The number of carbonyl (C=O) groups excluding carboxylic acids is 1. The normalized spacial score (nSPS) is 39.5. The third-order valence-electron chi connectivity index (χ3n) is 3.66. The molecule has 0 heterocycles. The van der Waals surface area contributed by atoms with Crippen molar-refractivity contribution in [3.8, 4) is 0 Å². The van der Waals surface area contributed by atoms with Crippen LogP contribution < -0.4 is 5.73 Å². The highest BCUT2D eigenvalue weighted by molar-refractivity contribution is 5.75. The minimum Gasteiger partial charge on any atom is -0.460 e. The number of rotatable bonds is 1. The summed E-state index contributed by atoms with van der Waals surface area (Å²) in [5.74, 6) is 0.928. The summed E-state index contributed by atoms with van der Waals surface area (Å²) in [6.07, 6.45) is 3.48. The van der Waals surface area contributed by atoms with E-state index < -0.39 is 5.60 Å². The van der Waals surface area contributed by atoms with Gasteiger partial charge in [0.25, 0.3) is 0 Å². The zero-order valence-corrected chi connectivity index (χ0v) is 9.82. The molecule has 86 valence electrons. The van der Waals surface area contributed by atoms with E-state index >= 15 is 0 Å². The van der Waals surface area contributed by atoms with Gasteiger partial charge in [0.2, 0.25) is 0 Å². The van der Waals surface area contributed by atoms with Crippen molar-refractivity contribution in [3.63, 3.8) is 0 Å². The van der Waals surface area contributed by atoms with Gasteiger partial charge < -0.3 is 10.5 Å². The van der Waals surface area contributed by atoms with Crippen molar-refractivity contribution in [2.24, 2.45) is 23.5 Å². The first-order valence-corrected chi connectivity index (χ1v) is 5.87. The molecule has 2 fully saturated rings. The lowest BCUT2D eigenvalue weighted by atomic mass is 9.85. The molecular weight excluding hydrogens is 190 g/mol. The highest BCUT2D eigenvalue weighted by Crippen LogP contribution is 2.48. The van der Waals surface area contributed by atoms with Crippen LogP contribution in [0.3, 0.4) is 0 Å². The highest BCUT2D eigenvalue weighted by atomic mass is 16.6. The number of carbonyl (C=O) groups is 1. The van der Waals surface area contributed by atoms with E-state index in [1.54, 1.807) is 0 Å². The molecule has 2 saturated carbocycles. The predicted octanol–water partition coefficient (Wildman–Crippen LogP) is 1.70. The van der Waals surface area contributed by atoms with Crippen molar-refractivity contribution >= 4 is 5.97 Å². The highest BCUT2D eigenvalue weighted by Gasteiger charge is 2.50. The molecule has 0 aliphatic heterocycles. The van der Waals surface area contributed by atoms with Gasteiger partial charge in [-0.25, -0.2) is 0 Å². The zero-order valence-electron chi connectivity index (χ0n) is 9.82. The van der Waals surface area contributed by atoms with E-state index in [0.717, 1.165) is 12.8 Å². The van der Waals surface area contributed by atoms with E-state index in [0.29, 0.717) is 11.8 Å². The van der Waals surface area contributed by atoms with Crippen molar-refractivity contribution in [2.75, 3.05) is 0 Å². The second-order valence-corrected chi connectivity index (χ2v) is 5.97. The molecule has 4 atom stereocenters. The van der Waals surface area contributed by atoms with Crippen molar-refractivity contribution in [3.05, 3.63) is 0 Å². The molecule has 3 nitrogen and oxygen atoms in total. The topological polar surface area (TPSA) is 52.3 Å². The maximum absolute atomic E-state index is 12.0. The van der Waals surface area contributed by atoms with Crippen LogP contribution in [0.4, 0.5) is 0 Å². The maximum atomic E-state index is 12.0. The van der Waals surface area contributed by atoms with Crippen molar-refractivity contribution in [1.29, 1.82) is 0 Å². The molecule has 3 heteroatoms. The molecule has 0 amide bonds. The van der Waals surface area contributed by atoms with Gasteiger partial charge in [0.1, 0.15) is 5.60 Å². The molecule has 0 aromatic heterocycles. The van der Waals surface area contributed by atoms with Gasteiger partial charge in [0.05, 0.1) is 5.92 Å². The third-order valence-corrected chi connectivity index (χ3v) is 3.66. The van der Waals surface area contributed by atoms with Gasteiger partial charge in [-0.2, -0.15) is 0 Å². The van der Waals surface area contributed by atoms with Crippen LogP contribution in [0, 0.1) is 17.8 Å². The van der Waals surface area contributed by atoms with Crippen molar-refractivity contribution in [1.82, 2.24) is 0 Å². The van der Waals surface area contributed by atoms with Gasteiger partial charge in [0, 0.05) is 6.04 Å². The number of hydrogen-bond donors (Lipinski definition) is 1. The van der Waals surface area contributed by atoms with Gasteiger partial charge in [-0.1, -0.05) is 0 Å². The first-order valence-electron chi connectivity index (χ1n) is 5.87. The molecule has 0 aromatic rings. The second kappa shape index (κ2) is 3.48. The summed E-state index contributed by atoms with van der Waals surface area (Å²) in [6.45, 7) is 5.72. The summed E-state index contributed by atoms with van der Waals surface area (Å²) in [5.41, 5.74) is 5.69. The molecule has 0 aromatic carbocycles. The van der Waals surface area contributed by atoms with Crippen LogP contribution in [0.5, 0.6) is 0 Å². The van der Waals surface area contributed by atoms with Gasteiger partial charge in [-0.15, -0.1) is 0 Å². The molecule has 0 spiro atoms. The second-order valence-electron chi connectivity index (χ2n) is 5.97. The summed E-state index contributed by atoms with van der Waals surface area (Å²) in [4.78, 5) is 12.0. The van der Waals surface area contributed by atoms with Gasteiger partial charge in [-0.3, -0.25) is 4.79 Å². The Labute approximate surface area is 91.4 Å². The van der Waals surface area contributed by atoms with E-state index in [9.17, 15) is 4.79 Å². The Bertz CT molecular complexity index is 267. The largest absolute Gasteiger partial charge is 0.460 e. The SMILES string of the molecule is CC(C)(C)OC(=O)[C@H]1[C@H]2CC[C@H](C2)[C@@H]1N. The average Bonchev–Trinajstić information content (AvgIpc) is 2.59. The average molecular weight is 211 g/mol. The summed E-state index contributed by atoms with van der Waals surface area (Å²) in [5, 5.41) is 0. The molecule has 2 rings (SSSR count). The molecule has 2 N–H and O–H groups in total. The number of esters is 1. The minimum atomic E-state index is -0.390. The lowest BCUT2D eigenvalue weighted by Crippen LogP contribution is -2.43. The number of fused-ring (bicyclic) bond motifs is 2. The van der Waals surface area contributed by atoms with Crippen LogP contribution in [0.1, 0.15) is 40.0 Å². The Balaban J connectivity index is 2.02. The lowest BCUT2D eigenvalue weighted by molar-refractivity contribution is -0.162. The molecule has 0 saturated heterocycles. The van der Waals surface area contributed by atoms with Crippen LogP contribution in [0.2, 0.25) is 0 Å². The third kappa shape index (κ3) is 2.03. The van der Waals surface area contributed by atoms with Gasteiger partial charge in [-0.05, 0) is 51.9 Å². The van der Waals surface area contributed by atoms with Crippen LogP contribution >= 0.6 is 0 Å². The Morgan fingerprint density at radius 2 is 1.87 bits per heavy atom. The first-order chi connectivity index (χ1) is 6.88. The molecule has 2 aliphatic rings. The Kier molecular flexibility index (Phi) is 2.53. The van der Waals surface area contributed by atoms with Crippen LogP contribution in [-0.2, 0) is 9.53 Å². The fourth-order valence-corrected chi connectivity index (χ4v) is 3.06. The van der Waals surface area contributed by atoms with Gasteiger partial charge >= 0.3 is 5.97 Å². The van der Waals surface area contributed by atoms with E-state index in [1.807, 2.05) is 20.8 Å². The minimum absolute atomic E-state index is 0.0389. The molecule has 2 bridgehead atoms. The van der Waals surface area contributed by atoms with Gasteiger partial charge in [0.15, 0.2) is 0 Å². The van der Waals surface area contributed by atoms with Crippen LogP contribution in [-0.4, -0.2) is 17.6 Å². The number of nitrogens with two attached hydrogens (primary N) is 1. The van der Waals surface area contributed by atoms with Crippen molar-refractivity contribution in [2.45, 2.75) is 51.7 Å². The molecule has 0 unspecified atom stereocenters. The Morgan fingerprint density at radius 3 is 2.33 bits per heavy atom. The van der Waals surface area contributed by atoms with Crippen LogP contribution in [0.15, 0.2) is 0 Å². The Morgan fingerprint density at radius 1 is 1.27 bits per heavy atom. The van der Waals surface area contributed by atoms with E-state index in [-0.39, 0.29) is 17.9 Å². The zero-order chi connectivity index (χ0) is 11.2. The number of hydrogen-bond acceptors (Lipinski definition) is 3. The summed E-state index contributed by atoms with van der Waals surface area (Å²) < 4.78 is 5.43. The van der Waals surface area contributed by atoms with Crippen molar-refractivity contribution < 1.29 is 9.53 Å². The monoisotopic (exact) mass is 211 g/mol. The van der Waals surface area contributed by atoms with Crippen LogP contribution in [0.25, 0.3) is 0 Å². The van der Waals surface area contributed by atoms with E-state index in [1.165, 1.54) is 6.42 Å². The first kappa shape index (κ1) is 10.9. The fourth-order valence-electron chi connectivity index (χ4n) is 3.06. The molecule has 15 heavy (non-hydrogen) atoms. The van der Waals surface area contributed by atoms with E-state index in [4.69, 9.17) is 10.5 Å². The van der Waals surface area contributed by atoms with E-state index in [2.05, 4.69) is 0 Å². The molecule has 2 aliphatic carbocycles. The standard InChI is InChI=1S/C12H21NO2/c1-12(2,3)15-11(14)9-7-4-5-8(6-7)10(9)13/h7-10H,4-6,13H2,1-3H3/t7-,8+,9-,10-/m0/s1. The quantitative estimate of drug-likeness (QED) is 0.672. The predicted molar refractivity (Wildman–Crippen MR) is 58.1 cm³/mol. The summed E-state index contributed by atoms with van der Waals surface area (Å²) in [7, 11) is 0. The fraction of sp³-hybridized carbons (Fsp3) is 0.917. The molecular formula is C12H21NO2. The maximum Gasteiger partial charge on any atom is 0.311 e. The number of ether oxygens (including phenoxy) is 1. The summed E-state index contributed by atoms with van der Waals surface area (Å²) in [6, 6.07) is 0.0404.